The predicted octanol–water partition coefficient (Wildman–Crippen LogP) is -0.513. The van der Waals surface area contributed by atoms with Gasteiger partial charge in [-0.2, -0.15) is 0 Å². The van der Waals surface area contributed by atoms with Crippen molar-refractivity contribution < 1.29 is 18.3 Å². The molecule has 7 nitrogen and oxygen atoms in total. The Bertz CT molecular complexity index is 649. The fourth-order valence-corrected chi connectivity index (χ4v) is 3.88. The van der Waals surface area contributed by atoms with Crippen molar-refractivity contribution in [2.45, 2.75) is 12.6 Å². The minimum Gasteiger partial charge on any atom is -0.391 e. The summed E-state index contributed by atoms with van der Waals surface area (Å²) in [6, 6.07) is 9.60. The normalized spacial score (nSPS) is 22.0. The topological polar surface area (TPSA) is 90.0 Å². The molecule has 8 heteroatoms. The van der Waals surface area contributed by atoms with Gasteiger partial charge in [-0.3, -0.25) is 9.69 Å². The average molecular weight is 355 g/mol. The van der Waals surface area contributed by atoms with Crippen LogP contribution in [0.4, 0.5) is 0 Å². The van der Waals surface area contributed by atoms with Gasteiger partial charge in [-0.15, -0.1) is 0 Å². The van der Waals surface area contributed by atoms with E-state index in [1.807, 2.05) is 30.3 Å². The molecule has 1 saturated heterocycles. The van der Waals surface area contributed by atoms with E-state index in [0.29, 0.717) is 19.6 Å². The first-order valence-corrected chi connectivity index (χ1v) is 9.50. The van der Waals surface area contributed by atoms with E-state index in [1.165, 1.54) is 14.1 Å². The number of carbonyl (C=O) groups excluding carboxylic acids is 1. The molecule has 2 rings (SSSR count). The van der Waals surface area contributed by atoms with Gasteiger partial charge in [0.05, 0.1) is 18.4 Å². The lowest BCUT2D eigenvalue weighted by Crippen LogP contribution is -2.36. The third kappa shape index (κ3) is 5.27. The van der Waals surface area contributed by atoms with Crippen molar-refractivity contribution in [3.05, 3.63) is 35.9 Å². The van der Waals surface area contributed by atoms with E-state index in [1.54, 1.807) is 4.90 Å². The molecule has 1 aromatic rings. The van der Waals surface area contributed by atoms with Crippen molar-refractivity contribution in [1.29, 1.82) is 0 Å². The highest BCUT2D eigenvalue weighted by Gasteiger charge is 2.35. The Labute approximate surface area is 143 Å². The van der Waals surface area contributed by atoms with Gasteiger partial charge in [0.1, 0.15) is 0 Å². The molecule has 0 saturated carbocycles. The molecular weight excluding hydrogens is 330 g/mol. The third-order valence-corrected chi connectivity index (χ3v) is 6.12. The number of aliphatic hydroxyl groups excluding tert-OH is 1. The first-order chi connectivity index (χ1) is 11.3. The van der Waals surface area contributed by atoms with Crippen LogP contribution in [0.2, 0.25) is 0 Å². The molecule has 134 valence electrons. The van der Waals surface area contributed by atoms with Crippen LogP contribution in [0.3, 0.4) is 0 Å². The van der Waals surface area contributed by atoms with Crippen LogP contribution < -0.4 is 5.32 Å². The molecule has 0 aliphatic carbocycles. The number of carbonyl (C=O) groups is 1. The molecule has 1 amide bonds. The molecule has 1 heterocycles. The largest absolute Gasteiger partial charge is 0.391 e. The minimum absolute atomic E-state index is 0.108. The van der Waals surface area contributed by atoms with Gasteiger partial charge in [0, 0.05) is 39.6 Å². The molecule has 2 atom stereocenters. The second kappa shape index (κ2) is 8.06. The smallest absolute Gasteiger partial charge is 0.234 e. The monoisotopic (exact) mass is 355 g/mol. The summed E-state index contributed by atoms with van der Waals surface area (Å²) in [5.74, 6) is -0.620. The van der Waals surface area contributed by atoms with Crippen LogP contribution in [-0.4, -0.2) is 74.2 Å². The molecule has 0 aromatic heterocycles. The number of likely N-dealkylation sites (tertiary alicyclic amines) is 1. The Balaban J connectivity index is 1.81. The van der Waals surface area contributed by atoms with Crippen molar-refractivity contribution in [2.75, 3.05) is 39.5 Å². The number of benzene rings is 1. The Kier molecular flexibility index (Phi) is 6.34. The van der Waals surface area contributed by atoms with Gasteiger partial charge in [-0.25, -0.2) is 12.7 Å². The molecule has 0 spiro atoms. The zero-order valence-electron chi connectivity index (χ0n) is 14.1. The molecule has 1 aromatic carbocycles. The maximum absolute atomic E-state index is 12.0. The van der Waals surface area contributed by atoms with E-state index in [-0.39, 0.29) is 24.1 Å². The SMILES string of the molecule is CN(C)S(=O)(=O)C[C@@H]1CN(CC(=O)NCc2ccccc2)C[C@@H]1O. The molecule has 1 aliphatic heterocycles. The van der Waals surface area contributed by atoms with Crippen molar-refractivity contribution in [3.63, 3.8) is 0 Å². The van der Waals surface area contributed by atoms with Gasteiger partial charge in [-0.05, 0) is 5.56 Å². The minimum atomic E-state index is -3.37. The standard InChI is InChI=1S/C16H25N3O4S/c1-18(2)24(22,23)12-14-9-19(10-15(14)20)11-16(21)17-8-13-6-4-3-5-7-13/h3-7,14-15,20H,8-12H2,1-2H3,(H,17,21)/t14-,15-/m0/s1. The number of sulfonamides is 1. The van der Waals surface area contributed by atoms with Crippen molar-refractivity contribution in [3.8, 4) is 0 Å². The highest BCUT2D eigenvalue weighted by molar-refractivity contribution is 7.89. The number of hydrogen-bond donors (Lipinski definition) is 2. The summed E-state index contributed by atoms with van der Waals surface area (Å²) in [6.45, 7) is 1.32. The van der Waals surface area contributed by atoms with Crippen LogP contribution >= 0.6 is 0 Å². The molecule has 0 bridgehead atoms. The second-order valence-corrected chi connectivity index (χ2v) is 8.57. The van der Waals surface area contributed by atoms with Crippen molar-refractivity contribution in [2.24, 2.45) is 5.92 Å². The predicted molar refractivity (Wildman–Crippen MR) is 91.7 cm³/mol. The van der Waals surface area contributed by atoms with E-state index in [2.05, 4.69) is 5.32 Å². The van der Waals surface area contributed by atoms with E-state index >= 15 is 0 Å². The van der Waals surface area contributed by atoms with Gasteiger partial charge in [0.2, 0.25) is 15.9 Å². The summed E-state index contributed by atoms with van der Waals surface area (Å²) in [4.78, 5) is 13.8. The summed E-state index contributed by atoms with van der Waals surface area (Å²) in [5, 5.41) is 12.9. The lowest BCUT2D eigenvalue weighted by atomic mass is 10.1. The summed E-state index contributed by atoms with van der Waals surface area (Å²) < 4.78 is 25.0. The summed E-state index contributed by atoms with van der Waals surface area (Å²) in [7, 11) is -0.411. The lowest BCUT2D eigenvalue weighted by Gasteiger charge is -2.17. The molecule has 1 fully saturated rings. The Morgan fingerprint density at radius 1 is 1.29 bits per heavy atom. The number of nitrogens with one attached hydrogen (secondary N) is 1. The molecule has 2 N–H and O–H groups in total. The van der Waals surface area contributed by atoms with Gasteiger partial charge in [0.15, 0.2) is 0 Å². The molecular formula is C16H25N3O4S. The Hall–Kier alpha value is -1.48. The summed E-state index contributed by atoms with van der Waals surface area (Å²) >= 11 is 0. The average Bonchev–Trinajstić information content (AvgIpc) is 2.85. The van der Waals surface area contributed by atoms with Crippen LogP contribution in [0.1, 0.15) is 5.56 Å². The molecule has 0 unspecified atom stereocenters. The number of β-amino-alcohol motifs (C(OH)–C–C–N with tert-alkyl or cyclic N) is 1. The first kappa shape index (κ1) is 18.9. The maximum atomic E-state index is 12.0. The summed E-state index contributed by atoms with van der Waals surface area (Å²) in [6.07, 6.45) is -0.735. The fraction of sp³-hybridized carbons (Fsp3) is 0.562. The highest BCUT2D eigenvalue weighted by atomic mass is 32.2. The van der Waals surface area contributed by atoms with Gasteiger partial charge in [0.25, 0.3) is 0 Å². The number of amides is 1. The zero-order valence-corrected chi connectivity index (χ0v) is 14.9. The maximum Gasteiger partial charge on any atom is 0.234 e. The Morgan fingerprint density at radius 2 is 1.96 bits per heavy atom. The van der Waals surface area contributed by atoms with E-state index < -0.39 is 16.1 Å². The second-order valence-electron chi connectivity index (χ2n) is 6.34. The Morgan fingerprint density at radius 3 is 2.58 bits per heavy atom. The number of aliphatic hydroxyl groups is 1. The number of nitrogens with zero attached hydrogens (tertiary/aromatic N) is 2. The van der Waals surface area contributed by atoms with Gasteiger partial charge >= 0.3 is 0 Å². The molecule has 1 aliphatic rings. The summed E-state index contributed by atoms with van der Waals surface area (Å²) in [5.41, 5.74) is 1.02. The third-order valence-electron chi connectivity index (χ3n) is 4.16. The quantitative estimate of drug-likeness (QED) is 0.687. The first-order valence-electron chi connectivity index (χ1n) is 7.89. The van der Waals surface area contributed by atoms with E-state index in [9.17, 15) is 18.3 Å². The van der Waals surface area contributed by atoms with Crippen molar-refractivity contribution >= 4 is 15.9 Å². The number of rotatable bonds is 7. The number of hydrogen-bond acceptors (Lipinski definition) is 5. The molecule has 0 radical (unpaired) electrons. The van der Waals surface area contributed by atoms with Crippen LogP contribution in [-0.2, 0) is 21.4 Å². The van der Waals surface area contributed by atoms with E-state index in [4.69, 9.17) is 0 Å². The van der Waals surface area contributed by atoms with E-state index in [0.717, 1.165) is 9.87 Å². The molecule has 24 heavy (non-hydrogen) atoms. The van der Waals surface area contributed by atoms with Crippen LogP contribution in [0, 0.1) is 5.92 Å². The fourth-order valence-electron chi connectivity index (χ4n) is 2.71. The van der Waals surface area contributed by atoms with Crippen LogP contribution in [0.15, 0.2) is 30.3 Å². The van der Waals surface area contributed by atoms with Gasteiger partial charge < -0.3 is 10.4 Å². The van der Waals surface area contributed by atoms with Crippen LogP contribution in [0.25, 0.3) is 0 Å². The lowest BCUT2D eigenvalue weighted by molar-refractivity contribution is -0.122. The van der Waals surface area contributed by atoms with Crippen molar-refractivity contribution in [1.82, 2.24) is 14.5 Å². The zero-order chi connectivity index (χ0) is 17.7. The van der Waals surface area contributed by atoms with Crippen LogP contribution in [0.5, 0.6) is 0 Å². The van der Waals surface area contributed by atoms with Gasteiger partial charge in [-0.1, -0.05) is 30.3 Å². The highest BCUT2D eigenvalue weighted by Crippen LogP contribution is 2.19.